The van der Waals surface area contributed by atoms with Gasteiger partial charge in [-0.3, -0.25) is 4.79 Å². The number of Topliss-reactive ketones (excluding diaryl/α,β-unsaturated/α-hetero) is 1. The molecule has 1 fully saturated rings. The molecule has 23 heavy (non-hydrogen) atoms. The van der Waals surface area contributed by atoms with Crippen LogP contribution in [0, 0.1) is 0 Å². The van der Waals surface area contributed by atoms with E-state index in [9.17, 15) is 14.7 Å². The molecule has 0 aliphatic carbocycles. The SMILES string of the molecule is CC(c1ccccc1)[N+]1(CCCC(=O)CC(=O)[O-])CCNCC1. The van der Waals surface area contributed by atoms with E-state index in [1.807, 2.05) is 6.07 Å². The maximum absolute atomic E-state index is 11.6. The Morgan fingerprint density at radius 3 is 2.48 bits per heavy atom. The third kappa shape index (κ3) is 4.88. The van der Waals surface area contributed by atoms with E-state index in [-0.39, 0.29) is 5.78 Å². The number of hydrogen-bond donors (Lipinski definition) is 1. The predicted molar refractivity (Wildman–Crippen MR) is 86.5 cm³/mol. The second-order valence-electron chi connectivity index (χ2n) is 6.42. The lowest BCUT2D eigenvalue weighted by Gasteiger charge is -2.46. The quantitative estimate of drug-likeness (QED) is 0.565. The van der Waals surface area contributed by atoms with Crippen molar-refractivity contribution in [1.29, 1.82) is 0 Å². The Labute approximate surface area is 137 Å². The number of nitrogens with zero attached hydrogens (tertiary/aromatic N) is 1. The largest absolute Gasteiger partial charge is 0.550 e. The van der Waals surface area contributed by atoms with Crippen LogP contribution in [0.3, 0.4) is 0 Å². The number of hydrogen-bond acceptors (Lipinski definition) is 4. The number of rotatable bonds is 8. The molecule has 5 nitrogen and oxygen atoms in total. The van der Waals surface area contributed by atoms with E-state index in [4.69, 9.17) is 0 Å². The summed E-state index contributed by atoms with van der Waals surface area (Å²) < 4.78 is 0.954. The Kier molecular flexibility index (Phi) is 6.30. The lowest BCUT2D eigenvalue weighted by Crippen LogP contribution is -2.60. The number of piperazine rings is 1. The Morgan fingerprint density at radius 1 is 1.22 bits per heavy atom. The van der Waals surface area contributed by atoms with Gasteiger partial charge in [0.2, 0.25) is 0 Å². The van der Waals surface area contributed by atoms with E-state index in [1.165, 1.54) is 5.56 Å². The summed E-state index contributed by atoms with van der Waals surface area (Å²) >= 11 is 0. The molecule has 1 unspecified atom stereocenters. The molecule has 126 valence electrons. The van der Waals surface area contributed by atoms with E-state index >= 15 is 0 Å². The minimum Gasteiger partial charge on any atom is -0.550 e. The summed E-state index contributed by atoms with van der Waals surface area (Å²) in [6.45, 7) is 7.17. The summed E-state index contributed by atoms with van der Waals surface area (Å²) in [5.74, 6) is -1.51. The van der Waals surface area contributed by atoms with Gasteiger partial charge < -0.3 is 19.7 Å². The summed E-state index contributed by atoms with van der Waals surface area (Å²) in [5, 5.41) is 13.9. The molecular weight excluding hydrogens is 292 g/mol. The highest BCUT2D eigenvalue weighted by Gasteiger charge is 2.36. The molecule has 0 aromatic heterocycles. The highest BCUT2D eigenvalue weighted by Crippen LogP contribution is 2.29. The number of quaternary nitrogens is 1. The normalized spacial score (nSPS) is 18.3. The van der Waals surface area contributed by atoms with Gasteiger partial charge in [0, 0.05) is 43.9 Å². The maximum atomic E-state index is 11.6. The Bertz CT molecular complexity index is 524. The van der Waals surface area contributed by atoms with Gasteiger partial charge in [-0.2, -0.15) is 0 Å². The van der Waals surface area contributed by atoms with Crippen LogP contribution in [-0.2, 0) is 9.59 Å². The Balaban J connectivity index is 2.01. The molecule has 1 aliphatic rings. The van der Waals surface area contributed by atoms with Crippen molar-refractivity contribution < 1.29 is 19.2 Å². The van der Waals surface area contributed by atoms with Crippen LogP contribution in [0.1, 0.15) is 37.8 Å². The molecule has 1 aromatic carbocycles. The van der Waals surface area contributed by atoms with E-state index in [2.05, 4.69) is 36.5 Å². The first-order valence-electron chi connectivity index (χ1n) is 8.36. The van der Waals surface area contributed by atoms with E-state index in [0.29, 0.717) is 12.5 Å². The molecule has 0 radical (unpaired) electrons. The third-order valence-corrected chi connectivity index (χ3v) is 4.97. The van der Waals surface area contributed by atoms with Crippen LogP contribution < -0.4 is 10.4 Å². The zero-order valence-electron chi connectivity index (χ0n) is 13.8. The van der Waals surface area contributed by atoms with Crippen molar-refractivity contribution >= 4 is 11.8 Å². The van der Waals surface area contributed by atoms with Gasteiger partial charge in [-0.15, -0.1) is 0 Å². The second-order valence-corrected chi connectivity index (χ2v) is 6.42. The van der Waals surface area contributed by atoms with Crippen LogP contribution in [0.25, 0.3) is 0 Å². The monoisotopic (exact) mass is 318 g/mol. The van der Waals surface area contributed by atoms with Crippen molar-refractivity contribution in [2.24, 2.45) is 0 Å². The Morgan fingerprint density at radius 2 is 1.87 bits per heavy atom. The first kappa shape index (κ1) is 17.6. The molecule has 0 spiro atoms. The van der Waals surface area contributed by atoms with E-state index in [0.717, 1.165) is 43.6 Å². The van der Waals surface area contributed by atoms with Crippen LogP contribution in [0.5, 0.6) is 0 Å². The van der Waals surface area contributed by atoms with Crippen molar-refractivity contribution in [2.45, 2.75) is 32.2 Å². The molecule has 2 rings (SSSR count). The molecule has 1 atom stereocenters. The number of carbonyl (C=O) groups is 2. The lowest BCUT2D eigenvalue weighted by atomic mass is 10.0. The average Bonchev–Trinajstić information content (AvgIpc) is 2.55. The standard InChI is InChI=1S/C18H26N2O3/c1-15(16-6-3-2-4-7-16)20(12-9-19-10-13-20)11-5-8-17(21)14-18(22)23/h2-4,6-7,15,19H,5,8-14H2,1H3. The van der Waals surface area contributed by atoms with Gasteiger partial charge in [-0.1, -0.05) is 30.3 Å². The molecule has 1 heterocycles. The molecule has 1 aliphatic heterocycles. The zero-order chi connectivity index (χ0) is 16.7. The van der Waals surface area contributed by atoms with Crippen LogP contribution in [0.2, 0.25) is 0 Å². The van der Waals surface area contributed by atoms with Crippen LogP contribution in [0.4, 0.5) is 0 Å². The number of nitrogens with one attached hydrogen (secondary N) is 1. The number of carboxylic acid groups (broad SMARTS) is 1. The van der Waals surface area contributed by atoms with E-state index in [1.54, 1.807) is 0 Å². The molecule has 0 saturated carbocycles. The van der Waals surface area contributed by atoms with Gasteiger partial charge in [0.05, 0.1) is 19.6 Å². The number of carbonyl (C=O) groups excluding carboxylic acids is 2. The first-order chi connectivity index (χ1) is 11.0. The van der Waals surface area contributed by atoms with E-state index < -0.39 is 12.4 Å². The van der Waals surface area contributed by atoms with Crippen LogP contribution in [-0.4, -0.2) is 49.0 Å². The summed E-state index contributed by atoms with van der Waals surface area (Å²) in [7, 11) is 0. The predicted octanol–water partition coefficient (Wildman–Crippen LogP) is 0.657. The molecule has 5 heteroatoms. The number of carboxylic acids is 1. The highest BCUT2D eigenvalue weighted by molar-refractivity contribution is 5.93. The van der Waals surface area contributed by atoms with Gasteiger partial charge in [-0.05, 0) is 6.92 Å². The van der Waals surface area contributed by atoms with Gasteiger partial charge in [0.25, 0.3) is 0 Å². The van der Waals surface area contributed by atoms with Gasteiger partial charge in [0.15, 0.2) is 0 Å². The van der Waals surface area contributed by atoms with Gasteiger partial charge >= 0.3 is 0 Å². The summed E-state index contributed by atoms with van der Waals surface area (Å²) in [4.78, 5) is 22.1. The van der Waals surface area contributed by atoms with Crippen molar-refractivity contribution in [3.05, 3.63) is 35.9 Å². The fraction of sp³-hybridized carbons (Fsp3) is 0.556. The van der Waals surface area contributed by atoms with Crippen molar-refractivity contribution in [1.82, 2.24) is 5.32 Å². The fourth-order valence-electron chi connectivity index (χ4n) is 3.53. The van der Waals surface area contributed by atoms with Crippen molar-refractivity contribution in [2.75, 3.05) is 32.7 Å². The molecular formula is C18H26N2O3. The molecule has 0 amide bonds. The summed E-state index contributed by atoms with van der Waals surface area (Å²) in [6, 6.07) is 10.8. The smallest absolute Gasteiger partial charge is 0.138 e. The van der Waals surface area contributed by atoms with Crippen LogP contribution >= 0.6 is 0 Å². The third-order valence-electron chi connectivity index (χ3n) is 4.97. The molecule has 1 N–H and O–H groups in total. The van der Waals surface area contributed by atoms with Crippen LogP contribution in [0.15, 0.2) is 30.3 Å². The first-order valence-corrected chi connectivity index (χ1v) is 8.36. The van der Waals surface area contributed by atoms with Gasteiger partial charge in [-0.25, -0.2) is 0 Å². The lowest BCUT2D eigenvalue weighted by molar-refractivity contribution is -0.957. The van der Waals surface area contributed by atoms with Crippen molar-refractivity contribution in [3.63, 3.8) is 0 Å². The maximum Gasteiger partial charge on any atom is 0.138 e. The minimum absolute atomic E-state index is 0.231. The second kappa shape index (κ2) is 8.22. The fourth-order valence-corrected chi connectivity index (χ4v) is 3.53. The molecule has 0 bridgehead atoms. The summed E-state index contributed by atoms with van der Waals surface area (Å²) in [6.07, 6.45) is 0.585. The topological polar surface area (TPSA) is 69.2 Å². The minimum atomic E-state index is -1.28. The highest BCUT2D eigenvalue weighted by atomic mass is 16.4. The number of aliphatic carboxylic acids is 1. The molecule has 1 aromatic rings. The summed E-state index contributed by atoms with van der Waals surface area (Å²) in [5.41, 5.74) is 1.32. The Hall–Kier alpha value is -1.72. The van der Waals surface area contributed by atoms with Gasteiger partial charge in [0.1, 0.15) is 11.8 Å². The zero-order valence-corrected chi connectivity index (χ0v) is 13.8. The molecule has 1 saturated heterocycles. The van der Waals surface area contributed by atoms with Crippen molar-refractivity contribution in [3.8, 4) is 0 Å². The number of benzene rings is 1. The average molecular weight is 318 g/mol. The number of ketones is 1.